The van der Waals surface area contributed by atoms with Gasteiger partial charge >= 0.3 is 6.18 Å². The van der Waals surface area contributed by atoms with E-state index in [4.69, 9.17) is 0 Å². The molecule has 0 bridgehead atoms. The molecule has 9 heteroatoms. The quantitative estimate of drug-likeness (QED) is 0.861. The predicted octanol–water partition coefficient (Wildman–Crippen LogP) is 2.16. The molecule has 1 saturated heterocycles. The average molecular weight is 334 g/mol. The molecule has 0 aliphatic carbocycles. The van der Waals surface area contributed by atoms with Crippen LogP contribution in [0.2, 0.25) is 0 Å². The lowest BCUT2D eigenvalue weighted by Gasteiger charge is -2.40. The van der Waals surface area contributed by atoms with Crippen molar-refractivity contribution in [2.75, 3.05) is 18.0 Å². The molecule has 5 nitrogen and oxygen atoms in total. The number of carbonyl (C=O) groups is 1. The van der Waals surface area contributed by atoms with Crippen LogP contribution in [0.25, 0.3) is 0 Å². The summed E-state index contributed by atoms with van der Waals surface area (Å²) in [5, 5.41) is 10.2. The number of rotatable bonds is 3. The molecule has 23 heavy (non-hydrogen) atoms. The van der Waals surface area contributed by atoms with Crippen molar-refractivity contribution in [1.82, 2.24) is 15.5 Å². The molecule has 1 aromatic heterocycles. The second-order valence-corrected chi connectivity index (χ2v) is 5.97. The molecule has 2 rings (SSSR count). The maximum Gasteiger partial charge on any atom is 0.428 e. The first-order valence-corrected chi connectivity index (χ1v) is 7.19. The highest BCUT2D eigenvalue weighted by atomic mass is 19.4. The number of amides is 1. The Morgan fingerprint density at radius 1 is 1.30 bits per heavy atom. The monoisotopic (exact) mass is 334 g/mol. The molecule has 0 radical (unpaired) electrons. The minimum Gasteiger partial charge on any atom is -0.355 e. The molecular formula is C14H18F4N4O. The molecule has 0 spiro atoms. The topological polar surface area (TPSA) is 58.1 Å². The van der Waals surface area contributed by atoms with Gasteiger partial charge in [0.05, 0.1) is 5.69 Å². The minimum atomic E-state index is -5.18. The summed E-state index contributed by atoms with van der Waals surface area (Å²) in [5.74, 6) is -0.966. The summed E-state index contributed by atoms with van der Waals surface area (Å²) in [6.07, 6.45) is -7.91. The molecule has 1 atom stereocenters. The Hall–Kier alpha value is -1.93. The van der Waals surface area contributed by atoms with E-state index in [9.17, 15) is 22.4 Å². The second-order valence-electron chi connectivity index (χ2n) is 5.97. The van der Waals surface area contributed by atoms with Gasteiger partial charge < -0.3 is 10.2 Å². The van der Waals surface area contributed by atoms with Crippen LogP contribution >= 0.6 is 0 Å². The molecule has 1 aliphatic rings. The first kappa shape index (κ1) is 17.4. The largest absolute Gasteiger partial charge is 0.428 e. The van der Waals surface area contributed by atoms with Crippen LogP contribution in [0.5, 0.6) is 0 Å². The molecule has 1 unspecified atom stereocenters. The van der Waals surface area contributed by atoms with E-state index in [1.54, 1.807) is 6.92 Å². The van der Waals surface area contributed by atoms with Crippen LogP contribution in [0.15, 0.2) is 12.1 Å². The Morgan fingerprint density at radius 2 is 1.91 bits per heavy atom. The fourth-order valence-corrected chi connectivity index (χ4v) is 2.42. The zero-order chi connectivity index (χ0) is 17.3. The van der Waals surface area contributed by atoms with Gasteiger partial charge in [-0.25, -0.2) is 4.39 Å². The van der Waals surface area contributed by atoms with E-state index in [0.717, 1.165) is 5.69 Å². The van der Waals surface area contributed by atoms with Crippen LogP contribution in [0, 0.1) is 6.92 Å². The van der Waals surface area contributed by atoms with Gasteiger partial charge in [0.15, 0.2) is 5.82 Å². The Kier molecular flexibility index (Phi) is 4.76. The van der Waals surface area contributed by atoms with Gasteiger partial charge in [-0.3, -0.25) is 4.79 Å². The number of anilines is 1. The number of nitrogens with one attached hydrogen (secondary N) is 1. The Balaban J connectivity index is 1.94. The van der Waals surface area contributed by atoms with Crippen LogP contribution in [-0.2, 0) is 4.79 Å². The molecule has 1 aliphatic heterocycles. The summed E-state index contributed by atoms with van der Waals surface area (Å²) in [7, 11) is 0. The predicted molar refractivity (Wildman–Crippen MR) is 75.7 cm³/mol. The van der Waals surface area contributed by atoms with E-state index in [2.05, 4.69) is 15.5 Å². The van der Waals surface area contributed by atoms with E-state index >= 15 is 0 Å². The number of halogens is 4. The summed E-state index contributed by atoms with van der Waals surface area (Å²) >= 11 is 0. The third-order valence-electron chi connectivity index (χ3n) is 3.92. The second kappa shape index (κ2) is 6.29. The van der Waals surface area contributed by atoms with Gasteiger partial charge in [0.1, 0.15) is 0 Å². The third-order valence-corrected chi connectivity index (χ3v) is 3.92. The van der Waals surface area contributed by atoms with E-state index in [0.29, 0.717) is 31.7 Å². The number of aryl methyl sites for hydroxylation is 1. The SMILES string of the molecule is Cc1ccc(N2CCC(C)(NC(=O)C(F)C(F)(F)F)CC2)nn1. The molecule has 1 aromatic rings. The first-order valence-electron chi connectivity index (χ1n) is 7.19. The van der Waals surface area contributed by atoms with Crippen LogP contribution in [0.1, 0.15) is 25.5 Å². The first-order chi connectivity index (χ1) is 10.6. The van der Waals surface area contributed by atoms with Crippen LogP contribution in [-0.4, -0.2) is 47.1 Å². The fourth-order valence-electron chi connectivity index (χ4n) is 2.42. The molecular weight excluding hydrogens is 316 g/mol. The zero-order valence-electron chi connectivity index (χ0n) is 12.8. The van der Waals surface area contributed by atoms with Crippen LogP contribution in [0.3, 0.4) is 0 Å². The number of carbonyl (C=O) groups excluding carboxylic acids is 1. The Morgan fingerprint density at radius 3 is 2.39 bits per heavy atom. The fraction of sp³-hybridized carbons (Fsp3) is 0.643. The summed E-state index contributed by atoms with van der Waals surface area (Å²) in [5.41, 5.74) is -0.0922. The maximum atomic E-state index is 13.0. The van der Waals surface area contributed by atoms with E-state index in [1.807, 2.05) is 24.0 Å². The molecule has 128 valence electrons. The van der Waals surface area contributed by atoms with E-state index < -0.39 is 23.8 Å². The number of alkyl halides is 4. The van der Waals surface area contributed by atoms with Crippen molar-refractivity contribution < 1.29 is 22.4 Å². The molecule has 2 heterocycles. The van der Waals surface area contributed by atoms with Crippen molar-refractivity contribution >= 4 is 11.7 Å². The number of aromatic nitrogens is 2. The van der Waals surface area contributed by atoms with Crippen molar-refractivity contribution in [3.05, 3.63) is 17.8 Å². The summed E-state index contributed by atoms with van der Waals surface area (Å²) < 4.78 is 49.7. The summed E-state index contributed by atoms with van der Waals surface area (Å²) in [6.45, 7) is 4.40. The van der Waals surface area contributed by atoms with Gasteiger partial charge in [-0.15, -0.1) is 5.10 Å². The van der Waals surface area contributed by atoms with Crippen molar-refractivity contribution in [2.45, 2.75) is 44.6 Å². The molecule has 0 saturated carbocycles. The Labute approximate surface area is 131 Å². The normalized spacial score (nSPS) is 19.3. The smallest absolute Gasteiger partial charge is 0.355 e. The van der Waals surface area contributed by atoms with Gasteiger partial charge in [0.2, 0.25) is 0 Å². The van der Waals surface area contributed by atoms with Gasteiger partial charge in [0, 0.05) is 18.6 Å². The van der Waals surface area contributed by atoms with Crippen molar-refractivity contribution in [1.29, 1.82) is 0 Å². The highest BCUT2D eigenvalue weighted by molar-refractivity contribution is 5.82. The number of piperidine rings is 1. The van der Waals surface area contributed by atoms with Gasteiger partial charge in [-0.05, 0) is 38.8 Å². The van der Waals surface area contributed by atoms with E-state index in [1.165, 1.54) is 0 Å². The van der Waals surface area contributed by atoms with Crippen LogP contribution in [0.4, 0.5) is 23.4 Å². The van der Waals surface area contributed by atoms with Crippen molar-refractivity contribution in [2.24, 2.45) is 0 Å². The lowest BCUT2D eigenvalue weighted by Crippen LogP contribution is -2.56. The highest BCUT2D eigenvalue weighted by Crippen LogP contribution is 2.27. The van der Waals surface area contributed by atoms with Gasteiger partial charge in [-0.1, -0.05) is 0 Å². The third kappa shape index (κ3) is 4.29. The zero-order valence-corrected chi connectivity index (χ0v) is 12.8. The molecule has 1 amide bonds. The summed E-state index contributed by atoms with van der Waals surface area (Å²) in [6, 6.07) is 3.62. The highest BCUT2D eigenvalue weighted by Gasteiger charge is 2.47. The maximum absolute atomic E-state index is 13.0. The molecule has 0 aromatic carbocycles. The lowest BCUT2D eigenvalue weighted by atomic mass is 9.89. The van der Waals surface area contributed by atoms with Crippen LogP contribution < -0.4 is 10.2 Å². The van der Waals surface area contributed by atoms with Gasteiger partial charge in [0.25, 0.3) is 12.1 Å². The average Bonchev–Trinajstić information content (AvgIpc) is 2.47. The van der Waals surface area contributed by atoms with E-state index in [-0.39, 0.29) is 0 Å². The minimum absolute atomic E-state index is 0.388. The van der Waals surface area contributed by atoms with Crippen molar-refractivity contribution in [3.8, 4) is 0 Å². The van der Waals surface area contributed by atoms with Crippen molar-refractivity contribution in [3.63, 3.8) is 0 Å². The summed E-state index contributed by atoms with van der Waals surface area (Å²) in [4.78, 5) is 13.3. The Bertz CT molecular complexity index is 553. The van der Waals surface area contributed by atoms with Gasteiger partial charge in [-0.2, -0.15) is 18.3 Å². The number of nitrogens with zero attached hydrogens (tertiary/aromatic N) is 3. The number of hydrogen-bond donors (Lipinski definition) is 1. The molecule has 1 N–H and O–H groups in total. The molecule has 1 fully saturated rings. The standard InChI is InChI=1S/C14H18F4N4O/c1-9-3-4-10(21-20-9)22-7-5-13(2,6-8-22)19-12(23)11(15)14(16,17)18/h3-4,11H,5-8H2,1-2H3,(H,19,23). The lowest BCUT2D eigenvalue weighted by molar-refractivity contribution is -0.187. The number of hydrogen-bond acceptors (Lipinski definition) is 4.